The highest BCUT2D eigenvalue weighted by Gasteiger charge is 2.12. The highest BCUT2D eigenvalue weighted by Crippen LogP contribution is 2.24. The van der Waals surface area contributed by atoms with E-state index in [-0.39, 0.29) is 0 Å². The highest BCUT2D eigenvalue weighted by molar-refractivity contribution is 7.99. The fourth-order valence-corrected chi connectivity index (χ4v) is 3.18. The van der Waals surface area contributed by atoms with Gasteiger partial charge in [-0.15, -0.1) is 11.8 Å². The van der Waals surface area contributed by atoms with Crippen LogP contribution in [-0.2, 0) is 0 Å². The van der Waals surface area contributed by atoms with Gasteiger partial charge in [0, 0.05) is 24.2 Å². The molecule has 4 heteroatoms. The van der Waals surface area contributed by atoms with Crippen molar-refractivity contribution in [1.29, 1.82) is 0 Å². The fraction of sp³-hybridized carbons (Fsp3) is 0.375. The number of hydrogen-bond acceptors (Lipinski definition) is 4. The number of benzene rings is 1. The first-order valence-corrected chi connectivity index (χ1v) is 7.88. The summed E-state index contributed by atoms with van der Waals surface area (Å²) in [6.45, 7) is 7.39. The molecule has 0 bridgehead atoms. The van der Waals surface area contributed by atoms with Gasteiger partial charge in [-0.25, -0.2) is 4.98 Å². The van der Waals surface area contributed by atoms with Crippen molar-refractivity contribution in [2.24, 2.45) is 0 Å². The van der Waals surface area contributed by atoms with Crippen molar-refractivity contribution in [2.45, 2.75) is 31.8 Å². The van der Waals surface area contributed by atoms with E-state index in [0.717, 1.165) is 17.3 Å². The average Bonchev–Trinajstić information content (AvgIpc) is 2.43. The normalized spacial score (nSPS) is 12.3. The smallest absolute Gasteiger partial charge is 0.114 e. The molecule has 0 fully saturated rings. The minimum Gasteiger partial charge on any atom is -0.309 e. The maximum Gasteiger partial charge on any atom is 0.114 e. The van der Waals surface area contributed by atoms with Crippen LogP contribution in [0, 0.1) is 13.8 Å². The Hall–Kier alpha value is -1.39. The van der Waals surface area contributed by atoms with E-state index in [1.54, 1.807) is 24.2 Å². The van der Waals surface area contributed by atoms with E-state index in [9.17, 15) is 0 Å². The Kier molecular flexibility index (Phi) is 5.56. The van der Waals surface area contributed by atoms with Crippen LogP contribution in [0.1, 0.15) is 29.7 Å². The van der Waals surface area contributed by atoms with Gasteiger partial charge in [0.1, 0.15) is 5.03 Å². The van der Waals surface area contributed by atoms with Gasteiger partial charge in [-0.3, -0.25) is 4.98 Å². The van der Waals surface area contributed by atoms with Gasteiger partial charge in [0.25, 0.3) is 0 Å². The molecule has 0 aliphatic carbocycles. The second-order valence-corrected chi connectivity index (χ2v) is 5.93. The Labute approximate surface area is 125 Å². The molecule has 0 spiro atoms. The molecule has 0 saturated carbocycles. The topological polar surface area (TPSA) is 37.8 Å². The van der Waals surface area contributed by atoms with Gasteiger partial charge in [0.15, 0.2) is 0 Å². The van der Waals surface area contributed by atoms with Crippen LogP contribution in [0.2, 0.25) is 0 Å². The van der Waals surface area contributed by atoms with Crippen LogP contribution in [0.4, 0.5) is 0 Å². The van der Waals surface area contributed by atoms with E-state index in [4.69, 9.17) is 0 Å². The molecule has 20 heavy (non-hydrogen) atoms. The van der Waals surface area contributed by atoms with Gasteiger partial charge < -0.3 is 5.32 Å². The predicted molar refractivity (Wildman–Crippen MR) is 85.1 cm³/mol. The summed E-state index contributed by atoms with van der Waals surface area (Å²) in [6, 6.07) is 7.07. The number of nitrogens with one attached hydrogen (secondary N) is 1. The first-order valence-electron chi connectivity index (χ1n) is 6.89. The highest BCUT2D eigenvalue weighted by atomic mass is 32.2. The number of aryl methyl sites for hydroxylation is 2. The summed E-state index contributed by atoms with van der Waals surface area (Å²) >= 11 is 1.74. The van der Waals surface area contributed by atoms with Crippen molar-refractivity contribution < 1.29 is 0 Å². The zero-order chi connectivity index (χ0) is 14.4. The van der Waals surface area contributed by atoms with Crippen LogP contribution in [0.15, 0.2) is 41.8 Å². The lowest BCUT2D eigenvalue weighted by Gasteiger charge is -2.19. The zero-order valence-corrected chi connectivity index (χ0v) is 13.1. The third kappa shape index (κ3) is 4.32. The maximum atomic E-state index is 4.31. The maximum absolute atomic E-state index is 4.31. The Morgan fingerprint density at radius 1 is 1.15 bits per heavy atom. The van der Waals surface area contributed by atoms with Gasteiger partial charge in [0.05, 0.1) is 6.20 Å². The SMILES string of the molecule is CCNC(CSc1cnccn1)c1cc(C)cc(C)c1. The van der Waals surface area contributed by atoms with E-state index < -0.39 is 0 Å². The molecular formula is C16H21N3S. The number of hydrogen-bond donors (Lipinski definition) is 1. The van der Waals surface area contributed by atoms with E-state index in [2.05, 4.69) is 54.3 Å². The number of thioether (sulfide) groups is 1. The Morgan fingerprint density at radius 3 is 2.50 bits per heavy atom. The molecule has 1 aromatic carbocycles. The van der Waals surface area contributed by atoms with E-state index in [1.807, 2.05) is 6.20 Å². The molecule has 0 aliphatic heterocycles. The molecule has 1 atom stereocenters. The molecule has 1 unspecified atom stereocenters. The van der Waals surface area contributed by atoms with Crippen molar-refractivity contribution in [3.8, 4) is 0 Å². The standard InChI is InChI=1S/C16H21N3S/c1-4-18-15(11-20-16-10-17-5-6-19-16)14-8-12(2)7-13(3)9-14/h5-10,15,18H,4,11H2,1-3H3. The lowest BCUT2D eigenvalue weighted by Crippen LogP contribution is -2.23. The van der Waals surface area contributed by atoms with Crippen LogP contribution in [0.5, 0.6) is 0 Å². The predicted octanol–water partition coefficient (Wildman–Crippen LogP) is 3.54. The second kappa shape index (κ2) is 7.41. The molecule has 106 valence electrons. The van der Waals surface area contributed by atoms with Crippen molar-refractivity contribution in [3.05, 3.63) is 53.5 Å². The lowest BCUT2D eigenvalue weighted by atomic mass is 10.0. The third-order valence-electron chi connectivity index (χ3n) is 3.03. The molecule has 0 saturated heterocycles. The van der Waals surface area contributed by atoms with E-state index >= 15 is 0 Å². The molecule has 1 aromatic heterocycles. The van der Waals surface area contributed by atoms with E-state index in [0.29, 0.717) is 6.04 Å². The summed E-state index contributed by atoms with van der Waals surface area (Å²) in [5.74, 6) is 0.954. The van der Waals surface area contributed by atoms with Crippen LogP contribution < -0.4 is 5.32 Å². The molecular weight excluding hydrogens is 266 g/mol. The van der Waals surface area contributed by atoms with Crippen LogP contribution >= 0.6 is 11.8 Å². The molecule has 3 nitrogen and oxygen atoms in total. The summed E-state index contributed by atoms with van der Waals surface area (Å²) in [7, 11) is 0. The quantitative estimate of drug-likeness (QED) is 0.825. The third-order valence-corrected chi connectivity index (χ3v) is 4.04. The van der Waals surface area contributed by atoms with Gasteiger partial charge in [-0.2, -0.15) is 0 Å². The Bertz CT molecular complexity index is 522. The first-order chi connectivity index (χ1) is 9.69. The molecule has 2 aromatic rings. The Morgan fingerprint density at radius 2 is 1.90 bits per heavy atom. The molecule has 0 aliphatic rings. The molecule has 2 rings (SSSR count). The molecule has 1 N–H and O–H groups in total. The van der Waals surface area contributed by atoms with Crippen LogP contribution in [0.25, 0.3) is 0 Å². The van der Waals surface area contributed by atoms with Crippen molar-refractivity contribution in [2.75, 3.05) is 12.3 Å². The summed E-state index contributed by atoms with van der Waals surface area (Å²) in [4.78, 5) is 8.42. The Balaban J connectivity index is 2.10. The molecule has 0 amide bonds. The summed E-state index contributed by atoms with van der Waals surface area (Å²) < 4.78 is 0. The van der Waals surface area contributed by atoms with Crippen molar-refractivity contribution in [1.82, 2.24) is 15.3 Å². The van der Waals surface area contributed by atoms with Gasteiger partial charge in [0.2, 0.25) is 0 Å². The zero-order valence-electron chi connectivity index (χ0n) is 12.3. The van der Waals surface area contributed by atoms with Gasteiger partial charge in [-0.05, 0) is 26.0 Å². The van der Waals surface area contributed by atoms with Gasteiger partial charge in [-0.1, -0.05) is 36.2 Å². The minimum atomic E-state index is 0.339. The van der Waals surface area contributed by atoms with Crippen molar-refractivity contribution >= 4 is 11.8 Å². The lowest BCUT2D eigenvalue weighted by molar-refractivity contribution is 0.605. The minimum absolute atomic E-state index is 0.339. The second-order valence-electron chi connectivity index (χ2n) is 4.89. The number of aromatic nitrogens is 2. The first kappa shape index (κ1) is 15.0. The fourth-order valence-electron chi connectivity index (χ4n) is 2.26. The number of rotatable bonds is 6. The summed E-state index contributed by atoms with van der Waals surface area (Å²) in [5, 5.41) is 4.53. The van der Waals surface area contributed by atoms with Crippen LogP contribution in [-0.4, -0.2) is 22.3 Å². The van der Waals surface area contributed by atoms with Crippen molar-refractivity contribution in [3.63, 3.8) is 0 Å². The summed E-state index contributed by atoms with van der Waals surface area (Å²) in [6.07, 6.45) is 5.26. The molecule has 1 heterocycles. The average molecular weight is 287 g/mol. The van der Waals surface area contributed by atoms with E-state index in [1.165, 1.54) is 16.7 Å². The number of nitrogens with zero attached hydrogens (tertiary/aromatic N) is 2. The van der Waals surface area contributed by atoms with Crippen LogP contribution in [0.3, 0.4) is 0 Å². The van der Waals surface area contributed by atoms with Gasteiger partial charge >= 0.3 is 0 Å². The summed E-state index contributed by atoms with van der Waals surface area (Å²) in [5.41, 5.74) is 3.97. The largest absolute Gasteiger partial charge is 0.309 e. The monoisotopic (exact) mass is 287 g/mol. The molecule has 0 radical (unpaired) electrons.